The van der Waals surface area contributed by atoms with Crippen molar-refractivity contribution in [1.82, 2.24) is 4.90 Å². The summed E-state index contributed by atoms with van der Waals surface area (Å²) in [7, 11) is 0. The molecular formula is C13H25N3. The van der Waals surface area contributed by atoms with Crippen LogP contribution in [0.1, 0.15) is 52.9 Å². The summed E-state index contributed by atoms with van der Waals surface area (Å²) in [6, 6.07) is 0.520. The van der Waals surface area contributed by atoms with Crippen molar-refractivity contribution in [2.75, 3.05) is 6.54 Å². The van der Waals surface area contributed by atoms with Gasteiger partial charge in [0.2, 0.25) is 0 Å². The van der Waals surface area contributed by atoms with Gasteiger partial charge >= 0.3 is 0 Å². The topological polar surface area (TPSA) is 41.6 Å². The maximum atomic E-state index is 6.10. The standard InChI is InChI=1S/C13H25N3/c1-4-11(3)16-12(14)15-9-13(16)8-6-5-7-10(13)2/h10-11H,4-9H2,1-3H3,(H2,14,15). The highest BCUT2D eigenvalue weighted by molar-refractivity contribution is 5.81. The minimum atomic E-state index is 0.248. The highest BCUT2D eigenvalue weighted by Crippen LogP contribution is 2.42. The lowest BCUT2D eigenvalue weighted by Gasteiger charge is -2.49. The van der Waals surface area contributed by atoms with Gasteiger partial charge in [-0.15, -0.1) is 0 Å². The lowest BCUT2D eigenvalue weighted by Crippen LogP contribution is -2.59. The van der Waals surface area contributed by atoms with E-state index in [-0.39, 0.29) is 5.54 Å². The van der Waals surface area contributed by atoms with Gasteiger partial charge in [0.25, 0.3) is 0 Å². The molecule has 0 bridgehead atoms. The first-order valence-corrected chi connectivity index (χ1v) is 6.71. The lowest BCUT2D eigenvalue weighted by atomic mass is 9.72. The van der Waals surface area contributed by atoms with Crippen LogP contribution < -0.4 is 5.73 Å². The second-order valence-corrected chi connectivity index (χ2v) is 5.55. The third kappa shape index (κ3) is 1.61. The molecule has 0 aromatic heterocycles. The molecule has 3 unspecified atom stereocenters. The smallest absolute Gasteiger partial charge is 0.192 e. The van der Waals surface area contributed by atoms with Crippen molar-refractivity contribution in [3.8, 4) is 0 Å². The molecule has 2 N–H and O–H groups in total. The van der Waals surface area contributed by atoms with Crippen molar-refractivity contribution in [3.05, 3.63) is 0 Å². The third-order valence-corrected chi connectivity index (χ3v) is 4.69. The summed E-state index contributed by atoms with van der Waals surface area (Å²) >= 11 is 0. The Kier molecular flexibility index (Phi) is 3.13. The number of nitrogens with zero attached hydrogens (tertiary/aromatic N) is 2. The Hall–Kier alpha value is -0.730. The van der Waals surface area contributed by atoms with E-state index >= 15 is 0 Å². The van der Waals surface area contributed by atoms with Crippen LogP contribution in [0.4, 0.5) is 0 Å². The van der Waals surface area contributed by atoms with Gasteiger partial charge in [-0.2, -0.15) is 0 Å². The van der Waals surface area contributed by atoms with Crippen LogP contribution in [-0.4, -0.2) is 29.0 Å². The average Bonchev–Trinajstić information content (AvgIpc) is 2.61. The summed E-state index contributed by atoms with van der Waals surface area (Å²) < 4.78 is 0. The number of hydrogen-bond acceptors (Lipinski definition) is 3. The van der Waals surface area contributed by atoms with Crippen molar-refractivity contribution < 1.29 is 0 Å². The van der Waals surface area contributed by atoms with Crippen molar-refractivity contribution in [2.24, 2.45) is 16.6 Å². The Morgan fingerprint density at radius 3 is 2.94 bits per heavy atom. The summed E-state index contributed by atoms with van der Waals surface area (Å²) in [6.45, 7) is 7.81. The van der Waals surface area contributed by atoms with E-state index in [1.165, 1.54) is 25.7 Å². The van der Waals surface area contributed by atoms with Gasteiger partial charge in [0.05, 0.1) is 12.1 Å². The largest absolute Gasteiger partial charge is 0.370 e. The molecule has 3 atom stereocenters. The summed E-state index contributed by atoms with van der Waals surface area (Å²) in [4.78, 5) is 6.96. The van der Waals surface area contributed by atoms with Gasteiger partial charge in [-0.25, -0.2) is 0 Å². The Morgan fingerprint density at radius 2 is 2.31 bits per heavy atom. The monoisotopic (exact) mass is 223 g/mol. The SMILES string of the molecule is CCC(C)N1C(N)=NCC12CCCCC2C. The van der Waals surface area contributed by atoms with Gasteiger partial charge in [-0.1, -0.05) is 26.7 Å². The number of nitrogens with two attached hydrogens (primary N) is 1. The first-order valence-electron chi connectivity index (χ1n) is 6.71. The van der Waals surface area contributed by atoms with Crippen LogP contribution in [0.5, 0.6) is 0 Å². The number of rotatable bonds is 2. The van der Waals surface area contributed by atoms with Crippen molar-refractivity contribution in [3.63, 3.8) is 0 Å². The van der Waals surface area contributed by atoms with E-state index in [1.807, 2.05) is 0 Å². The van der Waals surface area contributed by atoms with Crippen LogP contribution in [0.15, 0.2) is 4.99 Å². The van der Waals surface area contributed by atoms with E-state index in [9.17, 15) is 0 Å². The molecule has 2 aliphatic rings. The van der Waals surface area contributed by atoms with Gasteiger partial charge in [0, 0.05) is 6.04 Å². The van der Waals surface area contributed by atoms with Crippen LogP contribution in [0.3, 0.4) is 0 Å². The molecule has 1 aliphatic heterocycles. The van der Waals surface area contributed by atoms with Crippen LogP contribution >= 0.6 is 0 Å². The van der Waals surface area contributed by atoms with E-state index in [0.717, 1.165) is 24.8 Å². The Morgan fingerprint density at radius 1 is 1.56 bits per heavy atom. The van der Waals surface area contributed by atoms with Gasteiger partial charge in [0.1, 0.15) is 0 Å². The van der Waals surface area contributed by atoms with Crippen LogP contribution in [0, 0.1) is 5.92 Å². The molecular weight excluding hydrogens is 198 g/mol. The Balaban J connectivity index is 2.26. The molecule has 92 valence electrons. The summed E-state index contributed by atoms with van der Waals surface area (Å²) in [5, 5.41) is 0. The Labute approximate surface area is 99.1 Å². The zero-order valence-electron chi connectivity index (χ0n) is 10.9. The minimum Gasteiger partial charge on any atom is -0.370 e. The highest BCUT2D eigenvalue weighted by Gasteiger charge is 2.48. The molecule has 0 amide bonds. The fourth-order valence-electron chi connectivity index (χ4n) is 3.44. The molecule has 1 saturated carbocycles. The zero-order chi connectivity index (χ0) is 11.8. The summed E-state index contributed by atoms with van der Waals surface area (Å²) in [6.07, 6.45) is 6.44. The molecule has 3 heteroatoms. The average molecular weight is 223 g/mol. The third-order valence-electron chi connectivity index (χ3n) is 4.69. The molecule has 0 radical (unpaired) electrons. The molecule has 16 heavy (non-hydrogen) atoms. The first-order chi connectivity index (χ1) is 7.62. The molecule has 1 spiro atoms. The molecule has 1 heterocycles. The molecule has 0 saturated heterocycles. The number of guanidine groups is 1. The predicted molar refractivity (Wildman–Crippen MR) is 68.4 cm³/mol. The quantitative estimate of drug-likeness (QED) is 0.781. The summed E-state index contributed by atoms with van der Waals surface area (Å²) in [5.74, 6) is 1.50. The number of aliphatic imine (C=N–C) groups is 1. The van der Waals surface area contributed by atoms with E-state index in [1.54, 1.807) is 0 Å². The van der Waals surface area contributed by atoms with Gasteiger partial charge in [0.15, 0.2) is 5.96 Å². The van der Waals surface area contributed by atoms with E-state index < -0.39 is 0 Å². The molecule has 0 aromatic rings. The first kappa shape index (κ1) is 11.7. The minimum absolute atomic E-state index is 0.248. The fraction of sp³-hybridized carbons (Fsp3) is 0.923. The summed E-state index contributed by atoms with van der Waals surface area (Å²) in [5.41, 5.74) is 6.35. The van der Waals surface area contributed by atoms with Crippen LogP contribution in [0.25, 0.3) is 0 Å². The second-order valence-electron chi connectivity index (χ2n) is 5.55. The van der Waals surface area contributed by atoms with Crippen LogP contribution in [0.2, 0.25) is 0 Å². The molecule has 3 nitrogen and oxygen atoms in total. The van der Waals surface area contributed by atoms with Gasteiger partial charge in [-0.05, 0) is 32.1 Å². The van der Waals surface area contributed by atoms with Crippen molar-refractivity contribution >= 4 is 5.96 Å². The molecule has 1 fully saturated rings. The maximum absolute atomic E-state index is 6.10. The second kappa shape index (κ2) is 4.27. The Bertz CT molecular complexity index is 287. The van der Waals surface area contributed by atoms with E-state index in [0.29, 0.717) is 6.04 Å². The van der Waals surface area contributed by atoms with Crippen LogP contribution in [-0.2, 0) is 0 Å². The number of hydrogen-bond donors (Lipinski definition) is 1. The normalized spacial score (nSPS) is 36.6. The highest BCUT2D eigenvalue weighted by atomic mass is 15.4. The molecule has 2 rings (SSSR count). The van der Waals surface area contributed by atoms with E-state index in [2.05, 4.69) is 30.7 Å². The van der Waals surface area contributed by atoms with Crippen molar-refractivity contribution in [1.29, 1.82) is 0 Å². The molecule has 1 aliphatic carbocycles. The lowest BCUT2D eigenvalue weighted by molar-refractivity contribution is 0.0567. The fourth-order valence-corrected chi connectivity index (χ4v) is 3.44. The van der Waals surface area contributed by atoms with Gasteiger partial charge in [-0.3, -0.25) is 4.99 Å². The predicted octanol–water partition coefficient (Wildman–Crippen LogP) is 2.36. The zero-order valence-corrected chi connectivity index (χ0v) is 10.9. The van der Waals surface area contributed by atoms with Gasteiger partial charge < -0.3 is 10.6 Å². The van der Waals surface area contributed by atoms with Crippen molar-refractivity contribution in [2.45, 2.75) is 64.5 Å². The van der Waals surface area contributed by atoms with E-state index in [4.69, 9.17) is 5.73 Å². The maximum Gasteiger partial charge on any atom is 0.192 e. The molecule has 0 aromatic carbocycles.